The molecule has 0 heterocycles. The number of hydrogen-bond acceptors (Lipinski definition) is 2. The first-order chi connectivity index (χ1) is 8.34. The molecule has 0 aliphatic carbocycles. The Morgan fingerprint density at radius 2 is 1.56 bits per heavy atom. The van der Waals surface area contributed by atoms with Gasteiger partial charge in [0.2, 0.25) is 0 Å². The summed E-state index contributed by atoms with van der Waals surface area (Å²) < 4.78 is 24.7. The molecule has 1 aromatic carbocycles. The molecule has 0 saturated carbocycles. The molecule has 3 nitrogen and oxygen atoms in total. The number of carboxylic acid groups (broad SMARTS) is 1. The van der Waals surface area contributed by atoms with Crippen molar-refractivity contribution in [2.45, 2.75) is 20.3 Å². The van der Waals surface area contributed by atoms with Crippen LogP contribution in [0.2, 0.25) is 0 Å². The molecule has 1 N–H and O–H groups in total. The molecule has 0 bridgehead atoms. The maximum absolute atomic E-state index is 12.3. The fourth-order valence-corrected chi connectivity index (χ4v) is 1.50. The van der Waals surface area contributed by atoms with E-state index in [2.05, 4.69) is 0 Å². The number of carboxylic acids is 1. The quantitative estimate of drug-likeness (QED) is 0.823. The second kappa shape index (κ2) is 5.71. The van der Waals surface area contributed by atoms with E-state index in [1.54, 1.807) is 0 Å². The second-order valence-corrected chi connectivity index (χ2v) is 4.20. The van der Waals surface area contributed by atoms with Crippen LogP contribution in [0.15, 0.2) is 24.3 Å². The van der Waals surface area contributed by atoms with Crippen molar-refractivity contribution in [1.29, 1.82) is 0 Å². The predicted molar refractivity (Wildman–Crippen MR) is 61.7 cm³/mol. The molecule has 0 saturated heterocycles. The SMILES string of the molecule is CC(C(=O)O)C(C)C(=O)c1ccc(C(F)F)cc1. The normalized spacial score (nSPS) is 14.3. The third-order valence-electron chi connectivity index (χ3n) is 3.00. The van der Waals surface area contributed by atoms with Gasteiger partial charge in [-0.2, -0.15) is 0 Å². The fraction of sp³-hybridized carbons (Fsp3) is 0.385. The van der Waals surface area contributed by atoms with E-state index in [0.717, 1.165) is 0 Å². The summed E-state index contributed by atoms with van der Waals surface area (Å²) in [5, 5.41) is 8.81. The van der Waals surface area contributed by atoms with Gasteiger partial charge in [-0.15, -0.1) is 0 Å². The van der Waals surface area contributed by atoms with Gasteiger partial charge in [-0.1, -0.05) is 38.1 Å². The van der Waals surface area contributed by atoms with Crippen LogP contribution in [0.25, 0.3) is 0 Å². The lowest BCUT2D eigenvalue weighted by molar-refractivity contribution is -0.142. The molecule has 1 rings (SSSR count). The summed E-state index contributed by atoms with van der Waals surface area (Å²) in [5.41, 5.74) is 0.0884. The van der Waals surface area contributed by atoms with Gasteiger partial charge in [0.15, 0.2) is 5.78 Å². The molecule has 2 unspecified atom stereocenters. The molecule has 0 aromatic heterocycles. The molecule has 0 spiro atoms. The third-order valence-corrected chi connectivity index (χ3v) is 3.00. The second-order valence-electron chi connectivity index (χ2n) is 4.20. The minimum absolute atomic E-state index is 0.162. The van der Waals surface area contributed by atoms with E-state index in [1.165, 1.54) is 38.1 Å². The van der Waals surface area contributed by atoms with Gasteiger partial charge >= 0.3 is 5.97 Å². The summed E-state index contributed by atoms with van der Waals surface area (Å²) in [4.78, 5) is 22.7. The van der Waals surface area contributed by atoms with Gasteiger partial charge in [-0.3, -0.25) is 9.59 Å². The van der Waals surface area contributed by atoms with Gasteiger partial charge in [0, 0.05) is 17.0 Å². The van der Waals surface area contributed by atoms with E-state index in [4.69, 9.17) is 5.11 Å². The van der Waals surface area contributed by atoms with E-state index < -0.39 is 24.2 Å². The lowest BCUT2D eigenvalue weighted by Gasteiger charge is -2.14. The Morgan fingerprint density at radius 3 is 1.94 bits per heavy atom. The monoisotopic (exact) mass is 256 g/mol. The number of halogens is 2. The largest absolute Gasteiger partial charge is 0.481 e. The first kappa shape index (κ1) is 14.3. The number of carbonyl (C=O) groups is 2. The van der Waals surface area contributed by atoms with Gasteiger partial charge < -0.3 is 5.11 Å². The van der Waals surface area contributed by atoms with Crippen LogP contribution >= 0.6 is 0 Å². The van der Waals surface area contributed by atoms with Crippen molar-refractivity contribution in [2.24, 2.45) is 11.8 Å². The number of rotatable bonds is 5. The highest BCUT2D eigenvalue weighted by Crippen LogP contribution is 2.22. The van der Waals surface area contributed by atoms with Gasteiger partial charge in [-0.25, -0.2) is 8.78 Å². The molecule has 5 heteroatoms. The number of aliphatic carboxylic acids is 1. The van der Waals surface area contributed by atoms with Crippen molar-refractivity contribution < 1.29 is 23.5 Å². The van der Waals surface area contributed by atoms with E-state index in [1.807, 2.05) is 0 Å². The molecule has 2 atom stereocenters. The van der Waals surface area contributed by atoms with Crippen LogP contribution < -0.4 is 0 Å². The highest BCUT2D eigenvalue weighted by molar-refractivity contribution is 5.99. The maximum atomic E-state index is 12.3. The lowest BCUT2D eigenvalue weighted by Crippen LogP contribution is -2.25. The number of ketones is 1. The molecule has 0 radical (unpaired) electrons. The van der Waals surface area contributed by atoms with Crippen molar-refractivity contribution in [3.05, 3.63) is 35.4 Å². The van der Waals surface area contributed by atoms with Crippen LogP contribution in [0.4, 0.5) is 8.78 Å². The Kier molecular flexibility index (Phi) is 4.53. The predicted octanol–water partition coefficient (Wildman–Crippen LogP) is 3.16. The van der Waals surface area contributed by atoms with Gasteiger partial charge in [0.25, 0.3) is 6.43 Å². The number of alkyl halides is 2. The van der Waals surface area contributed by atoms with Crippen LogP contribution in [0.3, 0.4) is 0 Å². The Labute approximate surface area is 103 Å². The average Bonchev–Trinajstić information content (AvgIpc) is 2.36. The number of Topliss-reactive ketones (excluding diaryl/α,β-unsaturated/α-hetero) is 1. The summed E-state index contributed by atoms with van der Waals surface area (Å²) in [5.74, 6) is -2.92. The highest BCUT2D eigenvalue weighted by Gasteiger charge is 2.26. The molecule has 18 heavy (non-hydrogen) atoms. The highest BCUT2D eigenvalue weighted by atomic mass is 19.3. The Morgan fingerprint density at radius 1 is 1.06 bits per heavy atom. The van der Waals surface area contributed by atoms with Gasteiger partial charge in [0.05, 0.1) is 5.92 Å². The van der Waals surface area contributed by atoms with E-state index in [9.17, 15) is 18.4 Å². The zero-order valence-electron chi connectivity index (χ0n) is 10.1. The molecular weight excluding hydrogens is 242 g/mol. The average molecular weight is 256 g/mol. The van der Waals surface area contributed by atoms with E-state index in [0.29, 0.717) is 0 Å². The number of hydrogen-bond donors (Lipinski definition) is 1. The van der Waals surface area contributed by atoms with Crippen molar-refractivity contribution >= 4 is 11.8 Å². The molecule has 0 amide bonds. The summed E-state index contributed by atoms with van der Waals surface area (Å²) >= 11 is 0. The molecule has 0 fully saturated rings. The zero-order chi connectivity index (χ0) is 13.9. The Hall–Kier alpha value is -1.78. The number of carbonyl (C=O) groups excluding carboxylic acids is 1. The smallest absolute Gasteiger partial charge is 0.306 e. The molecule has 0 aliphatic rings. The molecule has 1 aromatic rings. The molecular formula is C13H14F2O3. The van der Waals surface area contributed by atoms with Crippen molar-refractivity contribution in [3.63, 3.8) is 0 Å². The van der Waals surface area contributed by atoms with E-state index >= 15 is 0 Å². The molecule has 98 valence electrons. The standard InChI is InChI=1S/C13H14F2O3/c1-7(8(2)13(17)18)11(16)9-3-5-10(6-4-9)12(14)15/h3-8,12H,1-2H3,(H,17,18). The number of benzene rings is 1. The Balaban J connectivity index is 2.87. The fourth-order valence-electron chi connectivity index (χ4n) is 1.50. The topological polar surface area (TPSA) is 54.4 Å². The van der Waals surface area contributed by atoms with Crippen LogP contribution in [0.5, 0.6) is 0 Å². The van der Waals surface area contributed by atoms with Crippen LogP contribution in [-0.4, -0.2) is 16.9 Å². The minimum atomic E-state index is -2.58. The Bertz CT molecular complexity index is 440. The summed E-state index contributed by atoms with van der Waals surface area (Å²) in [6, 6.07) is 4.95. The maximum Gasteiger partial charge on any atom is 0.306 e. The lowest BCUT2D eigenvalue weighted by atomic mass is 9.88. The summed E-state index contributed by atoms with van der Waals surface area (Å²) in [7, 11) is 0. The van der Waals surface area contributed by atoms with Crippen molar-refractivity contribution in [2.75, 3.05) is 0 Å². The third kappa shape index (κ3) is 3.12. The first-order valence-electron chi connectivity index (χ1n) is 5.49. The zero-order valence-corrected chi connectivity index (χ0v) is 10.1. The van der Waals surface area contributed by atoms with Crippen molar-refractivity contribution in [1.82, 2.24) is 0 Å². The van der Waals surface area contributed by atoms with Crippen LogP contribution in [-0.2, 0) is 4.79 Å². The van der Waals surface area contributed by atoms with Crippen LogP contribution in [0.1, 0.15) is 36.2 Å². The van der Waals surface area contributed by atoms with Crippen molar-refractivity contribution in [3.8, 4) is 0 Å². The van der Waals surface area contributed by atoms with E-state index in [-0.39, 0.29) is 16.9 Å². The molecule has 0 aliphatic heterocycles. The van der Waals surface area contributed by atoms with Crippen LogP contribution in [0, 0.1) is 11.8 Å². The summed E-state index contributed by atoms with van der Waals surface area (Å²) in [6.07, 6.45) is -2.58. The first-order valence-corrected chi connectivity index (χ1v) is 5.49. The van der Waals surface area contributed by atoms with Gasteiger partial charge in [0.1, 0.15) is 0 Å². The van der Waals surface area contributed by atoms with Gasteiger partial charge in [-0.05, 0) is 0 Å². The minimum Gasteiger partial charge on any atom is -0.481 e. The summed E-state index contributed by atoms with van der Waals surface area (Å²) in [6.45, 7) is 2.96.